The Balaban J connectivity index is 1.12. The first kappa shape index (κ1) is 46.8. The predicted molar refractivity (Wildman–Crippen MR) is 243 cm³/mol. The van der Waals surface area contributed by atoms with Crippen molar-refractivity contribution in [1.29, 1.82) is 0 Å². The minimum absolute atomic E-state index is 0.859. The molecule has 0 saturated heterocycles. The van der Waals surface area contributed by atoms with Crippen LogP contribution in [0.3, 0.4) is 0 Å². The Hall–Kier alpha value is -2.54. The van der Waals surface area contributed by atoms with Crippen LogP contribution in [0.1, 0.15) is 217 Å². The van der Waals surface area contributed by atoms with Crippen molar-refractivity contribution in [3.05, 3.63) is 102 Å². The molecule has 0 bridgehead atoms. The number of para-hydroxylation sites is 1. The molecule has 0 aliphatic heterocycles. The molecule has 0 fully saturated rings. The molecular weight excluding hydrogens is 665 g/mol. The predicted octanol–water partition coefficient (Wildman–Crippen LogP) is 17.7. The van der Waals surface area contributed by atoms with Gasteiger partial charge in [0.05, 0.1) is 6.61 Å². The summed E-state index contributed by atoms with van der Waals surface area (Å²) in [6.07, 6.45) is 48.2. The number of unbranched alkanes of at least 4 members (excludes halogenated alkanes) is 26. The highest BCUT2D eigenvalue weighted by atomic mass is 16.5. The Bertz CT molecular complexity index is 1170. The monoisotopic (exact) mass is 751 g/mol. The van der Waals surface area contributed by atoms with E-state index < -0.39 is 0 Å². The van der Waals surface area contributed by atoms with E-state index >= 15 is 0 Å². The van der Waals surface area contributed by atoms with Gasteiger partial charge in [0, 0.05) is 0 Å². The third-order valence-electron chi connectivity index (χ3n) is 12.1. The summed E-state index contributed by atoms with van der Waals surface area (Å²) in [4.78, 5) is 0. The number of aryl methyl sites for hydroxylation is 2. The van der Waals surface area contributed by atoms with Crippen LogP contribution in [0.15, 0.2) is 91.0 Å². The van der Waals surface area contributed by atoms with E-state index in [4.69, 9.17) is 4.74 Å². The van der Waals surface area contributed by atoms with Crippen LogP contribution in [0.4, 0.5) is 0 Å². The maximum Gasteiger partial charge on any atom is 0.119 e. The van der Waals surface area contributed by atoms with Crippen molar-refractivity contribution in [3.63, 3.8) is 0 Å². The second-order valence-electron chi connectivity index (χ2n) is 17.1. The fraction of sp³-hybridized carbons (Fsp3) is 0.667. The molecule has 0 spiro atoms. The highest BCUT2D eigenvalue weighted by molar-refractivity contribution is 5.20. The number of rotatable bonds is 39. The van der Waals surface area contributed by atoms with Crippen LogP contribution in [0.25, 0.3) is 0 Å². The topological polar surface area (TPSA) is 9.23 Å². The number of hydrogen-bond acceptors (Lipinski definition) is 1. The highest BCUT2D eigenvalue weighted by Crippen LogP contribution is 2.25. The molecule has 0 heterocycles. The third-order valence-corrected chi connectivity index (χ3v) is 12.1. The molecule has 0 aliphatic rings. The Kier molecular flexibility index (Phi) is 30.5. The van der Waals surface area contributed by atoms with E-state index in [2.05, 4.69) is 91.0 Å². The van der Waals surface area contributed by atoms with E-state index in [0.717, 1.165) is 18.3 Å². The summed E-state index contributed by atoms with van der Waals surface area (Å²) in [5.74, 6) is 1.98. The molecule has 308 valence electrons. The molecule has 3 aromatic rings. The summed E-state index contributed by atoms with van der Waals surface area (Å²) in [7, 11) is 0. The van der Waals surface area contributed by atoms with Gasteiger partial charge in [-0.3, -0.25) is 0 Å². The molecule has 0 aromatic heterocycles. The smallest absolute Gasteiger partial charge is 0.119 e. The van der Waals surface area contributed by atoms with Crippen LogP contribution in [-0.4, -0.2) is 6.61 Å². The van der Waals surface area contributed by atoms with Gasteiger partial charge in [0.25, 0.3) is 0 Å². The molecule has 0 saturated carbocycles. The number of hydrogen-bond donors (Lipinski definition) is 0. The summed E-state index contributed by atoms with van der Waals surface area (Å²) in [5.41, 5.74) is 3.01. The van der Waals surface area contributed by atoms with Crippen molar-refractivity contribution in [3.8, 4) is 5.75 Å². The fourth-order valence-electron chi connectivity index (χ4n) is 8.55. The van der Waals surface area contributed by atoms with Crippen LogP contribution in [0.5, 0.6) is 5.75 Å². The van der Waals surface area contributed by atoms with Crippen LogP contribution in [-0.2, 0) is 12.8 Å². The van der Waals surface area contributed by atoms with E-state index in [0.29, 0.717) is 0 Å². The van der Waals surface area contributed by atoms with Crippen molar-refractivity contribution in [1.82, 2.24) is 0 Å². The minimum atomic E-state index is 0.859. The summed E-state index contributed by atoms with van der Waals surface area (Å²) < 4.78 is 5.92. The highest BCUT2D eigenvalue weighted by Gasteiger charge is 2.09. The van der Waals surface area contributed by atoms with E-state index in [1.54, 1.807) is 0 Å². The second-order valence-corrected chi connectivity index (χ2v) is 17.1. The van der Waals surface area contributed by atoms with Gasteiger partial charge in [-0.25, -0.2) is 0 Å². The van der Waals surface area contributed by atoms with E-state index in [1.165, 1.54) is 229 Å². The van der Waals surface area contributed by atoms with Gasteiger partial charge in [-0.05, 0) is 61.3 Å². The van der Waals surface area contributed by atoms with Gasteiger partial charge in [-0.1, -0.05) is 265 Å². The number of ether oxygens (including phenoxy) is 1. The van der Waals surface area contributed by atoms with Crippen LogP contribution >= 0.6 is 0 Å². The molecule has 1 atom stereocenters. The van der Waals surface area contributed by atoms with Gasteiger partial charge in [-0.15, -0.1) is 0 Å². The van der Waals surface area contributed by atoms with Crippen molar-refractivity contribution < 1.29 is 4.74 Å². The Morgan fingerprint density at radius 1 is 0.273 bits per heavy atom. The maximum atomic E-state index is 5.92. The summed E-state index contributed by atoms with van der Waals surface area (Å²) in [5, 5.41) is 0. The molecule has 0 N–H and O–H groups in total. The summed E-state index contributed by atoms with van der Waals surface area (Å²) >= 11 is 0. The zero-order valence-corrected chi connectivity index (χ0v) is 35.9. The van der Waals surface area contributed by atoms with Crippen molar-refractivity contribution in [2.45, 2.75) is 218 Å². The Morgan fingerprint density at radius 2 is 0.545 bits per heavy atom. The largest absolute Gasteiger partial charge is 0.494 e. The van der Waals surface area contributed by atoms with Gasteiger partial charge in [-0.2, -0.15) is 0 Å². The van der Waals surface area contributed by atoms with Crippen LogP contribution < -0.4 is 4.74 Å². The van der Waals surface area contributed by atoms with Gasteiger partial charge in [0.1, 0.15) is 5.75 Å². The molecular formula is C54H86O. The lowest BCUT2D eigenvalue weighted by atomic mass is 9.89. The van der Waals surface area contributed by atoms with Gasteiger partial charge in [0.2, 0.25) is 0 Å². The first-order valence-corrected chi connectivity index (χ1v) is 24.2. The standard InChI is InChI=1S/C54H86O/c1(3-5-7-11-15-20-29-41-52-44-32-24-33-45-52)2-4-6-10-14-18-27-39-51(43-31-22-23-38-50-55-54-48-36-26-37-49-54)40-28-19-16-12-8-9-13-17-21-30-42-53-46-34-25-35-47-53/h24-26,32-37,44-49,51H,1-23,27-31,38-43,50H2. The lowest BCUT2D eigenvalue weighted by molar-refractivity contribution is 0.301. The SMILES string of the molecule is c1ccc(CCCCCCCCCCCCCCCCCC(CCCCCCCCCCCCc2ccccc2)CCCCCCOc2ccccc2)cc1. The lowest BCUT2D eigenvalue weighted by Crippen LogP contribution is -2.02. The van der Waals surface area contributed by atoms with Crippen LogP contribution in [0, 0.1) is 5.92 Å². The molecule has 0 aliphatic carbocycles. The second kappa shape index (κ2) is 35.8. The van der Waals surface area contributed by atoms with Gasteiger partial charge < -0.3 is 4.74 Å². The normalized spacial score (nSPS) is 11.9. The zero-order valence-electron chi connectivity index (χ0n) is 35.9. The molecule has 1 unspecified atom stereocenters. The molecule has 1 nitrogen and oxygen atoms in total. The van der Waals surface area contributed by atoms with E-state index in [-0.39, 0.29) is 0 Å². The van der Waals surface area contributed by atoms with E-state index in [1.807, 2.05) is 0 Å². The minimum Gasteiger partial charge on any atom is -0.494 e. The molecule has 0 radical (unpaired) electrons. The molecule has 3 aromatic carbocycles. The number of benzene rings is 3. The molecule has 0 amide bonds. The molecule has 1 heteroatoms. The first-order chi connectivity index (χ1) is 27.4. The van der Waals surface area contributed by atoms with Crippen molar-refractivity contribution in [2.75, 3.05) is 6.61 Å². The van der Waals surface area contributed by atoms with Gasteiger partial charge in [0.15, 0.2) is 0 Å². The van der Waals surface area contributed by atoms with Gasteiger partial charge >= 0.3 is 0 Å². The van der Waals surface area contributed by atoms with Crippen molar-refractivity contribution >= 4 is 0 Å². The van der Waals surface area contributed by atoms with Crippen LogP contribution in [0.2, 0.25) is 0 Å². The summed E-state index contributed by atoms with van der Waals surface area (Å²) in [6, 6.07) is 32.3. The average Bonchev–Trinajstić information content (AvgIpc) is 3.22. The Labute approximate surface area is 342 Å². The Morgan fingerprint density at radius 3 is 0.891 bits per heavy atom. The van der Waals surface area contributed by atoms with E-state index in [9.17, 15) is 0 Å². The molecule has 3 rings (SSSR count). The average molecular weight is 751 g/mol. The quantitative estimate of drug-likeness (QED) is 0.0528. The summed E-state index contributed by atoms with van der Waals surface area (Å²) in [6.45, 7) is 0.859. The molecule has 55 heavy (non-hydrogen) atoms. The fourth-order valence-corrected chi connectivity index (χ4v) is 8.55. The zero-order chi connectivity index (χ0) is 38.4. The maximum absolute atomic E-state index is 5.92. The third kappa shape index (κ3) is 28.5. The van der Waals surface area contributed by atoms with Crippen molar-refractivity contribution in [2.24, 2.45) is 5.92 Å². The first-order valence-electron chi connectivity index (χ1n) is 24.2. The lowest BCUT2D eigenvalue weighted by Gasteiger charge is -2.17.